The molecule has 160 valence electrons. The maximum Gasteiger partial charge on any atom is 0.286 e. The van der Waals surface area contributed by atoms with Gasteiger partial charge in [0.05, 0.1) is 12.0 Å². The fourth-order valence-corrected chi connectivity index (χ4v) is 3.75. The molecule has 0 atom stereocenters. The van der Waals surface area contributed by atoms with Crippen LogP contribution in [0.1, 0.15) is 23.6 Å². The Labute approximate surface area is 183 Å². The number of hydrogen-bond acceptors (Lipinski definition) is 5. The summed E-state index contributed by atoms with van der Waals surface area (Å²) in [5.74, 6) is 0.0183. The van der Waals surface area contributed by atoms with E-state index in [-0.39, 0.29) is 23.5 Å². The number of nitrogens with one attached hydrogen (secondary N) is 1. The maximum atomic E-state index is 13.1. The van der Waals surface area contributed by atoms with E-state index in [1.165, 1.54) is 26.2 Å². The average Bonchev–Trinajstić information content (AvgIpc) is 3.06. The normalized spacial score (nSPS) is 14.4. The van der Waals surface area contributed by atoms with Gasteiger partial charge in [0.1, 0.15) is 12.4 Å². The van der Waals surface area contributed by atoms with Crippen LogP contribution in [0.4, 0.5) is 4.39 Å². The molecule has 1 heterocycles. The smallest absolute Gasteiger partial charge is 0.286 e. The molecule has 0 saturated carbocycles. The van der Waals surface area contributed by atoms with Gasteiger partial charge in [-0.05, 0) is 59.7 Å². The second-order valence-corrected chi connectivity index (χ2v) is 7.66. The predicted octanol–water partition coefficient (Wildman–Crippen LogP) is 4.25. The number of benzene rings is 2. The highest BCUT2D eigenvalue weighted by molar-refractivity contribution is 8.18. The van der Waals surface area contributed by atoms with Gasteiger partial charge >= 0.3 is 0 Å². The van der Waals surface area contributed by atoms with E-state index in [0.29, 0.717) is 22.8 Å². The molecule has 0 radical (unpaired) electrons. The van der Waals surface area contributed by atoms with Crippen molar-refractivity contribution in [1.29, 1.82) is 0 Å². The molecule has 8 heteroatoms. The third kappa shape index (κ3) is 5.82. The van der Waals surface area contributed by atoms with Crippen LogP contribution >= 0.6 is 11.8 Å². The predicted molar refractivity (Wildman–Crippen MR) is 119 cm³/mol. The summed E-state index contributed by atoms with van der Waals surface area (Å²) in [7, 11) is 1.53. The van der Waals surface area contributed by atoms with Gasteiger partial charge in [-0.3, -0.25) is 9.59 Å². The number of carbonyl (C=O) groups is 2. The molecular weight excluding hydrogens is 419 g/mol. The van der Waals surface area contributed by atoms with Gasteiger partial charge in [-0.1, -0.05) is 18.2 Å². The van der Waals surface area contributed by atoms with Crippen LogP contribution in [0, 0.1) is 5.82 Å². The van der Waals surface area contributed by atoms with Crippen molar-refractivity contribution in [3.63, 3.8) is 0 Å². The number of halogens is 1. The van der Waals surface area contributed by atoms with Gasteiger partial charge in [-0.15, -0.1) is 6.58 Å². The monoisotopic (exact) mass is 440 g/mol. The minimum absolute atomic E-state index is 0.240. The lowest BCUT2D eigenvalue weighted by atomic mass is 10.0. The summed E-state index contributed by atoms with van der Waals surface area (Å²) in [6.45, 7) is 5.39. The van der Waals surface area contributed by atoms with Gasteiger partial charge < -0.3 is 14.8 Å². The van der Waals surface area contributed by atoms with Crippen molar-refractivity contribution in [3.05, 3.63) is 76.5 Å². The molecular formula is C23H21FN2O4S. The molecule has 2 aromatic carbocycles. The molecule has 2 aromatic rings. The molecule has 3 rings (SSSR count). The van der Waals surface area contributed by atoms with E-state index in [4.69, 9.17) is 9.47 Å². The van der Waals surface area contributed by atoms with Gasteiger partial charge in [-0.25, -0.2) is 4.39 Å². The number of hydrogen-bond donors (Lipinski definition) is 1. The molecule has 1 aliphatic heterocycles. The van der Waals surface area contributed by atoms with E-state index >= 15 is 0 Å². The molecule has 1 aliphatic rings. The number of aliphatic imine (C=N–C) groups is 1. The Kier molecular flexibility index (Phi) is 7.25. The van der Waals surface area contributed by atoms with Crippen molar-refractivity contribution in [2.24, 2.45) is 4.99 Å². The third-order valence-corrected chi connectivity index (χ3v) is 5.14. The van der Waals surface area contributed by atoms with Crippen LogP contribution < -0.4 is 14.8 Å². The first-order chi connectivity index (χ1) is 14.9. The number of amidine groups is 1. The molecule has 0 bridgehead atoms. The molecule has 0 fully saturated rings. The number of thioether (sulfide) groups is 1. The summed E-state index contributed by atoms with van der Waals surface area (Å²) >= 11 is 1.09. The number of nitrogens with zero attached hydrogens (tertiary/aromatic N) is 1. The molecule has 0 saturated heterocycles. The van der Waals surface area contributed by atoms with Crippen LogP contribution in [0.25, 0.3) is 6.08 Å². The zero-order chi connectivity index (χ0) is 22.4. The van der Waals surface area contributed by atoms with E-state index in [0.717, 1.165) is 28.5 Å². The first-order valence-corrected chi connectivity index (χ1v) is 10.2. The van der Waals surface area contributed by atoms with Crippen LogP contribution in [-0.4, -0.2) is 24.1 Å². The highest BCUT2D eigenvalue weighted by Crippen LogP contribution is 2.36. The van der Waals surface area contributed by atoms with Gasteiger partial charge in [0.25, 0.3) is 5.91 Å². The molecule has 0 unspecified atom stereocenters. The van der Waals surface area contributed by atoms with Crippen LogP contribution in [0.5, 0.6) is 11.5 Å². The highest BCUT2D eigenvalue weighted by atomic mass is 32.2. The molecule has 31 heavy (non-hydrogen) atoms. The Balaban J connectivity index is 1.87. The Morgan fingerprint density at radius 3 is 2.68 bits per heavy atom. The van der Waals surface area contributed by atoms with E-state index < -0.39 is 5.91 Å². The van der Waals surface area contributed by atoms with E-state index in [1.807, 2.05) is 6.07 Å². The number of allylic oxidation sites excluding steroid dienone is 1. The van der Waals surface area contributed by atoms with E-state index in [9.17, 15) is 14.0 Å². The first kappa shape index (κ1) is 22.3. The molecule has 2 amide bonds. The lowest BCUT2D eigenvalue weighted by molar-refractivity contribution is -0.117. The second kappa shape index (κ2) is 10.1. The average molecular weight is 440 g/mol. The lowest BCUT2D eigenvalue weighted by Gasteiger charge is -2.16. The minimum Gasteiger partial charge on any atom is -0.493 e. The Bertz CT molecular complexity index is 1080. The molecule has 0 aliphatic carbocycles. The van der Waals surface area contributed by atoms with Gasteiger partial charge in [0.15, 0.2) is 16.7 Å². The summed E-state index contributed by atoms with van der Waals surface area (Å²) in [6.07, 6.45) is 3.94. The van der Waals surface area contributed by atoms with Crippen molar-refractivity contribution in [1.82, 2.24) is 5.32 Å². The Morgan fingerprint density at radius 2 is 2.03 bits per heavy atom. The van der Waals surface area contributed by atoms with E-state index in [2.05, 4.69) is 16.9 Å². The fourth-order valence-electron chi connectivity index (χ4n) is 2.89. The second-order valence-electron chi connectivity index (χ2n) is 6.63. The summed E-state index contributed by atoms with van der Waals surface area (Å²) in [6, 6.07) is 9.70. The van der Waals surface area contributed by atoms with Crippen LogP contribution in [0.3, 0.4) is 0 Å². The number of methoxy groups -OCH3 is 1. The number of carbonyl (C=O) groups excluding carboxylic acids is 2. The summed E-state index contributed by atoms with van der Waals surface area (Å²) in [4.78, 5) is 27.6. The lowest BCUT2D eigenvalue weighted by Crippen LogP contribution is -2.23. The zero-order valence-electron chi connectivity index (χ0n) is 17.1. The van der Waals surface area contributed by atoms with Gasteiger partial charge in [0, 0.05) is 12.5 Å². The fraction of sp³-hybridized carbons (Fsp3) is 0.174. The zero-order valence-corrected chi connectivity index (χ0v) is 17.9. The Hall–Kier alpha value is -3.39. The maximum absolute atomic E-state index is 13.1. The summed E-state index contributed by atoms with van der Waals surface area (Å²) < 4.78 is 24.6. The Morgan fingerprint density at radius 1 is 1.29 bits per heavy atom. The topological polar surface area (TPSA) is 77.0 Å². The quantitative estimate of drug-likeness (QED) is 0.515. The first-order valence-electron chi connectivity index (χ1n) is 9.38. The third-order valence-electron chi connectivity index (χ3n) is 4.24. The summed E-state index contributed by atoms with van der Waals surface area (Å²) in [5, 5.41) is 2.77. The van der Waals surface area contributed by atoms with Gasteiger partial charge in [0.2, 0.25) is 5.91 Å². The van der Waals surface area contributed by atoms with Crippen LogP contribution in [0.15, 0.2) is 59.0 Å². The van der Waals surface area contributed by atoms with Crippen molar-refractivity contribution in [2.45, 2.75) is 20.0 Å². The van der Waals surface area contributed by atoms with Crippen LogP contribution in [-0.2, 0) is 22.6 Å². The molecule has 1 N–H and O–H groups in total. The van der Waals surface area contributed by atoms with Crippen molar-refractivity contribution < 1.29 is 23.5 Å². The highest BCUT2D eigenvalue weighted by Gasteiger charge is 2.23. The minimum atomic E-state index is -0.422. The van der Waals surface area contributed by atoms with Crippen molar-refractivity contribution >= 4 is 34.8 Å². The van der Waals surface area contributed by atoms with Gasteiger partial charge in [-0.2, -0.15) is 4.99 Å². The molecule has 0 aromatic heterocycles. The number of rotatable bonds is 7. The van der Waals surface area contributed by atoms with Crippen molar-refractivity contribution in [2.75, 3.05) is 7.11 Å². The van der Waals surface area contributed by atoms with E-state index in [1.54, 1.807) is 30.4 Å². The van der Waals surface area contributed by atoms with Crippen molar-refractivity contribution in [3.8, 4) is 11.5 Å². The SMILES string of the molecule is C=CCc1cc(/C=C2/SC(NC(C)=O)=NC2=O)cc(OC)c1OCc1ccc(F)cc1. The molecule has 0 spiro atoms. The number of ether oxygens (including phenoxy) is 2. The largest absolute Gasteiger partial charge is 0.493 e. The summed E-state index contributed by atoms with van der Waals surface area (Å²) in [5.41, 5.74) is 2.36. The number of amides is 2. The standard InChI is InChI=1S/C23H21FN2O4S/c1-4-5-17-10-16(12-20-22(28)26-23(31-20)25-14(2)27)11-19(29-3)21(17)30-13-15-6-8-18(24)9-7-15/h4,6-12H,1,5,13H2,2-3H3,(H,25,26,27,28)/b20-12+. The van der Waals surface area contributed by atoms with Crippen LogP contribution in [0.2, 0.25) is 0 Å². The molecule has 6 nitrogen and oxygen atoms in total.